The van der Waals surface area contributed by atoms with Crippen LogP contribution in [0, 0.1) is 6.92 Å². The van der Waals surface area contributed by atoms with Gasteiger partial charge in [0.15, 0.2) is 0 Å². The number of nitrogens with one attached hydrogen (secondary N) is 1. The highest BCUT2D eigenvalue weighted by Crippen LogP contribution is 2.13. The van der Waals surface area contributed by atoms with Crippen molar-refractivity contribution in [3.63, 3.8) is 0 Å². The van der Waals surface area contributed by atoms with Gasteiger partial charge in [-0.2, -0.15) is 0 Å². The number of nitrogen functional groups attached to an aromatic ring is 1. The second kappa shape index (κ2) is 5.95. The Kier molecular flexibility index (Phi) is 4.58. The zero-order chi connectivity index (χ0) is 12.0. The van der Waals surface area contributed by atoms with Crippen molar-refractivity contribution in [1.29, 1.82) is 0 Å². The van der Waals surface area contributed by atoms with E-state index in [1.165, 1.54) is 6.92 Å². The molecule has 0 bridgehead atoms. The van der Waals surface area contributed by atoms with Gasteiger partial charge in [-0.15, -0.1) is 0 Å². The Morgan fingerprint density at radius 3 is 2.88 bits per heavy atom. The third kappa shape index (κ3) is 4.17. The Morgan fingerprint density at radius 2 is 2.25 bits per heavy atom. The first-order valence-corrected chi connectivity index (χ1v) is 5.36. The van der Waals surface area contributed by atoms with Gasteiger partial charge >= 0.3 is 0 Å². The normalized spacial score (nSPS) is 10.6. The first kappa shape index (κ1) is 12.3. The molecule has 86 valence electrons. The summed E-state index contributed by atoms with van der Waals surface area (Å²) in [5.41, 5.74) is 8.79. The zero-order valence-electron chi connectivity index (χ0n) is 9.79. The molecule has 16 heavy (non-hydrogen) atoms. The lowest BCUT2D eigenvalue weighted by Crippen LogP contribution is -2.20. The van der Waals surface area contributed by atoms with Crippen LogP contribution in [0.1, 0.15) is 24.5 Å². The van der Waals surface area contributed by atoms with Gasteiger partial charge in [-0.25, -0.2) is 0 Å². The molecule has 1 rings (SSSR count). The van der Waals surface area contributed by atoms with Crippen LogP contribution in [0.5, 0.6) is 0 Å². The van der Waals surface area contributed by atoms with Crippen LogP contribution in [0.2, 0.25) is 0 Å². The van der Waals surface area contributed by atoms with Crippen molar-refractivity contribution in [1.82, 2.24) is 5.32 Å². The van der Waals surface area contributed by atoms with Crippen LogP contribution in [0.4, 0.5) is 5.69 Å². The molecule has 0 spiro atoms. The summed E-state index contributed by atoms with van der Waals surface area (Å²) in [6, 6.07) is 5.98. The van der Waals surface area contributed by atoms with Crippen molar-refractivity contribution in [2.24, 2.45) is 0 Å². The van der Waals surface area contributed by atoms with Gasteiger partial charge in [0.25, 0.3) is 0 Å². The molecule has 0 atom stereocenters. The molecule has 0 aliphatic carbocycles. The van der Waals surface area contributed by atoms with E-state index in [0.717, 1.165) is 23.2 Å². The van der Waals surface area contributed by atoms with Gasteiger partial charge in [-0.1, -0.05) is 24.3 Å². The minimum absolute atomic E-state index is 0.00739. The second-order valence-corrected chi connectivity index (χ2v) is 3.79. The summed E-state index contributed by atoms with van der Waals surface area (Å²) in [7, 11) is 0. The van der Waals surface area contributed by atoms with E-state index in [4.69, 9.17) is 5.73 Å². The van der Waals surface area contributed by atoms with Gasteiger partial charge in [0.05, 0.1) is 0 Å². The maximum absolute atomic E-state index is 10.6. The number of rotatable bonds is 4. The van der Waals surface area contributed by atoms with Crippen LogP contribution >= 0.6 is 0 Å². The number of nitrogens with two attached hydrogens (primary N) is 1. The van der Waals surface area contributed by atoms with Crippen molar-refractivity contribution in [2.45, 2.75) is 20.3 Å². The highest BCUT2D eigenvalue weighted by molar-refractivity contribution is 5.72. The van der Waals surface area contributed by atoms with Gasteiger partial charge in [-0.3, -0.25) is 4.79 Å². The fourth-order valence-electron chi connectivity index (χ4n) is 1.31. The maximum Gasteiger partial charge on any atom is 0.216 e. The predicted molar refractivity (Wildman–Crippen MR) is 67.9 cm³/mol. The SMILES string of the molecule is CC(=O)NCCC=Cc1ccc(C)c(N)c1. The number of anilines is 1. The number of hydrogen-bond donors (Lipinski definition) is 2. The topological polar surface area (TPSA) is 55.1 Å². The fourth-order valence-corrected chi connectivity index (χ4v) is 1.31. The second-order valence-electron chi connectivity index (χ2n) is 3.79. The highest BCUT2D eigenvalue weighted by Gasteiger charge is 1.93. The summed E-state index contributed by atoms with van der Waals surface area (Å²) in [6.07, 6.45) is 4.87. The zero-order valence-corrected chi connectivity index (χ0v) is 9.79. The highest BCUT2D eigenvalue weighted by atomic mass is 16.1. The molecule has 0 heterocycles. The van der Waals surface area contributed by atoms with Crippen LogP contribution in [-0.2, 0) is 4.79 Å². The quantitative estimate of drug-likeness (QED) is 0.600. The van der Waals surface area contributed by atoms with Crippen molar-refractivity contribution in [3.05, 3.63) is 35.4 Å². The molecule has 3 heteroatoms. The number of carbonyl (C=O) groups excluding carboxylic acids is 1. The molecular weight excluding hydrogens is 200 g/mol. The first-order chi connectivity index (χ1) is 7.59. The molecule has 1 aromatic rings. The molecule has 0 aliphatic rings. The van der Waals surface area contributed by atoms with Crippen molar-refractivity contribution >= 4 is 17.7 Å². The lowest BCUT2D eigenvalue weighted by atomic mass is 10.1. The molecule has 0 saturated heterocycles. The lowest BCUT2D eigenvalue weighted by molar-refractivity contribution is -0.118. The standard InChI is InChI=1S/C13H18N2O/c1-10-6-7-12(9-13(10)14)5-3-4-8-15-11(2)16/h3,5-7,9H,4,8,14H2,1-2H3,(H,15,16). The molecule has 0 aromatic heterocycles. The molecule has 0 fully saturated rings. The van der Waals surface area contributed by atoms with Crippen molar-refractivity contribution in [2.75, 3.05) is 12.3 Å². The van der Waals surface area contributed by atoms with E-state index < -0.39 is 0 Å². The van der Waals surface area contributed by atoms with E-state index in [0.29, 0.717) is 6.54 Å². The fraction of sp³-hybridized carbons (Fsp3) is 0.308. The molecule has 1 amide bonds. The average molecular weight is 218 g/mol. The monoisotopic (exact) mass is 218 g/mol. The third-order valence-corrected chi connectivity index (χ3v) is 2.30. The van der Waals surface area contributed by atoms with E-state index >= 15 is 0 Å². The lowest BCUT2D eigenvalue weighted by Gasteiger charge is -2.01. The molecule has 0 radical (unpaired) electrons. The summed E-state index contributed by atoms with van der Waals surface area (Å²) >= 11 is 0. The van der Waals surface area contributed by atoms with Crippen LogP contribution in [0.15, 0.2) is 24.3 Å². The minimum Gasteiger partial charge on any atom is -0.398 e. The van der Waals surface area contributed by atoms with Gasteiger partial charge < -0.3 is 11.1 Å². The largest absolute Gasteiger partial charge is 0.398 e. The van der Waals surface area contributed by atoms with Crippen molar-refractivity contribution in [3.8, 4) is 0 Å². The van der Waals surface area contributed by atoms with Crippen LogP contribution in [-0.4, -0.2) is 12.5 Å². The Morgan fingerprint density at radius 1 is 1.50 bits per heavy atom. The van der Waals surface area contributed by atoms with Gasteiger partial charge in [0.1, 0.15) is 0 Å². The maximum atomic E-state index is 10.6. The Hall–Kier alpha value is -1.77. The molecule has 0 unspecified atom stereocenters. The van der Waals surface area contributed by atoms with Gasteiger partial charge in [0, 0.05) is 19.2 Å². The average Bonchev–Trinajstić information content (AvgIpc) is 2.22. The summed E-state index contributed by atoms with van der Waals surface area (Å²) < 4.78 is 0. The van der Waals surface area contributed by atoms with Crippen LogP contribution in [0.25, 0.3) is 6.08 Å². The Labute approximate surface area is 96.3 Å². The van der Waals surface area contributed by atoms with E-state index in [2.05, 4.69) is 5.32 Å². The minimum atomic E-state index is 0.00739. The number of carbonyl (C=O) groups is 1. The number of hydrogen-bond acceptors (Lipinski definition) is 2. The van der Waals surface area contributed by atoms with Gasteiger partial charge in [0.2, 0.25) is 5.91 Å². The molecule has 1 aromatic carbocycles. The van der Waals surface area contributed by atoms with E-state index in [-0.39, 0.29) is 5.91 Å². The van der Waals surface area contributed by atoms with Crippen LogP contribution in [0.3, 0.4) is 0 Å². The Bertz CT molecular complexity index is 397. The molecule has 3 N–H and O–H groups in total. The van der Waals surface area contributed by atoms with Crippen LogP contribution < -0.4 is 11.1 Å². The predicted octanol–water partition coefficient (Wildman–Crippen LogP) is 2.12. The Balaban J connectivity index is 2.44. The molecular formula is C13H18N2O. The smallest absolute Gasteiger partial charge is 0.216 e. The number of benzene rings is 1. The third-order valence-electron chi connectivity index (χ3n) is 2.30. The summed E-state index contributed by atoms with van der Waals surface area (Å²) in [5, 5.41) is 2.74. The first-order valence-electron chi connectivity index (χ1n) is 5.36. The van der Waals surface area contributed by atoms with E-state index in [1.54, 1.807) is 0 Å². The molecule has 0 saturated carbocycles. The summed E-state index contributed by atoms with van der Waals surface area (Å²) in [4.78, 5) is 10.6. The van der Waals surface area contributed by atoms with E-state index in [1.807, 2.05) is 37.3 Å². The molecule has 3 nitrogen and oxygen atoms in total. The summed E-state index contributed by atoms with van der Waals surface area (Å²) in [6.45, 7) is 4.18. The van der Waals surface area contributed by atoms with Crippen molar-refractivity contribution < 1.29 is 4.79 Å². The number of amides is 1. The summed E-state index contributed by atoms with van der Waals surface area (Å²) in [5.74, 6) is 0.00739. The molecule has 0 aliphatic heterocycles. The van der Waals surface area contributed by atoms with E-state index in [9.17, 15) is 4.79 Å². The number of aryl methyl sites for hydroxylation is 1. The van der Waals surface area contributed by atoms with Gasteiger partial charge in [-0.05, 0) is 30.5 Å².